The summed E-state index contributed by atoms with van der Waals surface area (Å²) < 4.78 is 5.14. The van der Waals surface area contributed by atoms with Crippen LogP contribution in [0.4, 0.5) is 0 Å². The van der Waals surface area contributed by atoms with Gasteiger partial charge < -0.3 is 4.74 Å². The van der Waals surface area contributed by atoms with Gasteiger partial charge in [-0.3, -0.25) is 0 Å². The van der Waals surface area contributed by atoms with Gasteiger partial charge in [-0.05, 0) is 24.1 Å². The smallest absolute Gasteiger partial charge is 0.119 e. The molecule has 0 aliphatic carbocycles. The van der Waals surface area contributed by atoms with Crippen molar-refractivity contribution < 1.29 is 4.74 Å². The molecule has 1 rings (SSSR count). The first-order valence-corrected chi connectivity index (χ1v) is 5.23. The lowest BCUT2D eigenvalue weighted by atomic mass is 10.1. The highest BCUT2D eigenvalue weighted by atomic mass is 35.5. The second-order valence-corrected chi connectivity index (χ2v) is 3.33. The van der Waals surface area contributed by atoms with E-state index in [1.807, 2.05) is 24.3 Å². The molecular formula is C12H15ClO. The van der Waals surface area contributed by atoms with Crippen LogP contribution in [0.15, 0.2) is 29.8 Å². The van der Waals surface area contributed by atoms with Crippen molar-refractivity contribution in [2.45, 2.75) is 13.3 Å². The molecule has 14 heavy (non-hydrogen) atoms. The van der Waals surface area contributed by atoms with E-state index in [2.05, 4.69) is 13.0 Å². The van der Waals surface area contributed by atoms with Crippen LogP contribution in [0, 0.1) is 0 Å². The van der Waals surface area contributed by atoms with Crippen LogP contribution in [0.1, 0.15) is 18.9 Å². The van der Waals surface area contributed by atoms with Gasteiger partial charge in [-0.1, -0.05) is 30.7 Å². The Morgan fingerprint density at radius 2 is 2.29 bits per heavy atom. The number of halogens is 1. The molecule has 0 saturated heterocycles. The van der Waals surface area contributed by atoms with E-state index >= 15 is 0 Å². The maximum Gasteiger partial charge on any atom is 0.119 e. The van der Waals surface area contributed by atoms with E-state index in [4.69, 9.17) is 16.3 Å². The van der Waals surface area contributed by atoms with Gasteiger partial charge in [0.25, 0.3) is 0 Å². The van der Waals surface area contributed by atoms with Crippen LogP contribution in [-0.4, -0.2) is 13.0 Å². The van der Waals surface area contributed by atoms with Crippen LogP contribution >= 0.6 is 11.6 Å². The zero-order chi connectivity index (χ0) is 10.4. The SMILES string of the molecule is CCC(=Cc1cccc(OC)c1)CCl. The summed E-state index contributed by atoms with van der Waals surface area (Å²) in [5.74, 6) is 1.47. The molecule has 0 saturated carbocycles. The molecule has 1 nitrogen and oxygen atoms in total. The van der Waals surface area contributed by atoms with Crippen molar-refractivity contribution in [1.29, 1.82) is 0 Å². The van der Waals surface area contributed by atoms with Gasteiger partial charge in [0.05, 0.1) is 7.11 Å². The first kappa shape index (κ1) is 11.1. The van der Waals surface area contributed by atoms with Crippen molar-refractivity contribution in [3.8, 4) is 5.75 Å². The molecular weight excluding hydrogens is 196 g/mol. The highest BCUT2D eigenvalue weighted by molar-refractivity contribution is 6.19. The minimum absolute atomic E-state index is 0.591. The fourth-order valence-electron chi connectivity index (χ4n) is 1.20. The molecule has 1 aromatic rings. The van der Waals surface area contributed by atoms with E-state index in [1.165, 1.54) is 5.57 Å². The molecule has 0 spiro atoms. The number of ether oxygens (including phenoxy) is 1. The lowest BCUT2D eigenvalue weighted by Gasteiger charge is -2.02. The predicted octanol–water partition coefficient (Wildman–Crippen LogP) is 3.73. The Balaban J connectivity index is 2.90. The van der Waals surface area contributed by atoms with Crippen molar-refractivity contribution >= 4 is 17.7 Å². The highest BCUT2D eigenvalue weighted by Gasteiger charge is 1.95. The first-order valence-electron chi connectivity index (χ1n) is 4.69. The van der Waals surface area contributed by atoms with E-state index in [1.54, 1.807) is 7.11 Å². The van der Waals surface area contributed by atoms with Crippen molar-refractivity contribution in [3.63, 3.8) is 0 Å². The summed E-state index contributed by atoms with van der Waals surface area (Å²) in [7, 11) is 1.67. The molecule has 0 amide bonds. The maximum atomic E-state index is 5.79. The van der Waals surface area contributed by atoms with Crippen molar-refractivity contribution in [2.75, 3.05) is 13.0 Å². The summed E-state index contributed by atoms with van der Waals surface area (Å²) in [6.07, 6.45) is 3.09. The van der Waals surface area contributed by atoms with E-state index in [9.17, 15) is 0 Å². The average molecular weight is 211 g/mol. The zero-order valence-corrected chi connectivity index (χ0v) is 9.34. The number of hydrogen-bond donors (Lipinski definition) is 0. The van der Waals surface area contributed by atoms with Crippen LogP contribution in [0.3, 0.4) is 0 Å². The molecule has 0 heterocycles. The number of allylic oxidation sites excluding steroid dienone is 1. The van der Waals surface area contributed by atoms with E-state index in [-0.39, 0.29) is 0 Å². The van der Waals surface area contributed by atoms with Gasteiger partial charge in [-0.25, -0.2) is 0 Å². The van der Waals surface area contributed by atoms with Crippen molar-refractivity contribution in [3.05, 3.63) is 35.4 Å². The lowest BCUT2D eigenvalue weighted by molar-refractivity contribution is 0.414. The van der Waals surface area contributed by atoms with Gasteiger partial charge in [-0.15, -0.1) is 11.6 Å². The predicted molar refractivity (Wildman–Crippen MR) is 62.0 cm³/mol. The van der Waals surface area contributed by atoms with Gasteiger partial charge >= 0.3 is 0 Å². The summed E-state index contributed by atoms with van der Waals surface area (Å²) in [4.78, 5) is 0. The molecule has 0 bridgehead atoms. The van der Waals surface area contributed by atoms with Crippen LogP contribution in [0.5, 0.6) is 5.75 Å². The van der Waals surface area contributed by atoms with Gasteiger partial charge in [0.2, 0.25) is 0 Å². The molecule has 0 atom stereocenters. The van der Waals surface area contributed by atoms with Crippen molar-refractivity contribution in [2.24, 2.45) is 0 Å². The maximum absolute atomic E-state index is 5.79. The Kier molecular flexibility index (Phi) is 4.54. The topological polar surface area (TPSA) is 9.23 Å². The zero-order valence-electron chi connectivity index (χ0n) is 8.59. The molecule has 1 aromatic carbocycles. The minimum Gasteiger partial charge on any atom is -0.497 e. The van der Waals surface area contributed by atoms with Gasteiger partial charge in [0, 0.05) is 5.88 Å². The molecule has 0 aromatic heterocycles. The molecule has 0 N–H and O–H groups in total. The van der Waals surface area contributed by atoms with Crippen LogP contribution in [0.2, 0.25) is 0 Å². The first-order chi connectivity index (χ1) is 6.80. The molecule has 0 fully saturated rings. The number of alkyl halides is 1. The summed E-state index contributed by atoms with van der Waals surface area (Å²) >= 11 is 5.79. The van der Waals surface area contributed by atoms with E-state index in [0.29, 0.717) is 5.88 Å². The number of benzene rings is 1. The summed E-state index contributed by atoms with van der Waals surface area (Å²) in [5.41, 5.74) is 2.38. The second kappa shape index (κ2) is 5.71. The molecule has 2 heteroatoms. The van der Waals surface area contributed by atoms with Gasteiger partial charge in [0.15, 0.2) is 0 Å². The quantitative estimate of drug-likeness (QED) is 0.689. The third-order valence-corrected chi connectivity index (χ3v) is 2.43. The van der Waals surface area contributed by atoms with Gasteiger partial charge in [-0.2, -0.15) is 0 Å². The summed E-state index contributed by atoms with van der Waals surface area (Å²) in [5, 5.41) is 0. The van der Waals surface area contributed by atoms with Gasteiger partial charge in [0.1, 0.15) is 5.75 Å². The molecule has 0 aliphatic heterocycles. The van der Waals surface area contributed by atoms with Crippen LogP contribution in [0.25, 0.3) is 6.08 Å². The molecule has 0 unspecified atom stereocenters. The van der Waals surface area contributed by atoms with E-state index in [0.717, 1.165) is 17.7 Å². The lowest BCUT2D eigenvalue weighted by Crippen LogP contribution is -1.85. The third-order valence-electron chi connectivity index (χ3n) is 2.09. The van der Waals surface area contributed by atoms with E-state index < -0.39 is 0 Å². The Morgan fingerprint density at radius 3 is 2.86 bits per heavy atom. The summed E-state index contributed by atoms with van der Waals surface area (Å²) in [6, 6.07) is 7.96. The number of hydrogen-bond acceptors (Lipinski definition) is 1. The molecule has 76 valence electrons. The third kappa shape index (κ3) is 3.08. The standard InChI is InChI=1S/C12H15ClO/c1-3-10(9-13)7-11-5-4-6-12(8-11)14-2/h4-8H,3,9H2,1-2H3. The Bertz CT molecular complexity index is 312. The van der Waals surface area contributed by atoms with Crippen LogP contribution in [-0.2, 0) is 0 Å². The number of methoxy groups -OCH3 is 1. The average Bonchev–Trinajstić information content (AvgIpc) is 2.26. The second-order valence-electron chi connectivity index (χ2n) is 3.07. The normalized spacial score (nSPS) is 11.5. The number of rotatable bonds is 4. The minimum atomic E-state index is 0.591. The fourth-order valence-corrected chi connectivity index (χ4v) is 1.47. The summed E-state index contributed by atoms with van der Waals surface area (Å²) in [6.45, 7) is 2.11. The highest BCUT2D eigenvalue weighted by Crippen LogP contribution is 2.16. The Morgan fingerprint density at radius 1 is 1.50 bits per heavy atom. The fraction of sp³-hybridized carbons (Fsp3) is 0.333. The Labute approximate surface area is 90.3 Å². The molecule has 0 aliphatic rings. The van der Waals surface area contributed by atoms with Crippen molar-refractivity contribution in [1.82, 2.24) is 0 Å². The Hall–Kier alpha value is -0.950. The monoisotopic (exact) mass is 210 g/mol. The van der Waals surface area contributed by atoms with Crippen LogP contribution < -0.4 is 4.74 Å². The largest absolute Gasteiger partial charge is 0.497 e. The molecule has 0 radical (unpaired) electrons.